The molecule has 0 N–H and O–H groups in total. The molecule has 0 radical (unpaired) electrons. The second-order valence-corrected chi connectivity index (χ2v) is 9.55. The number of carbonyl (C=O) groups excluding carboxylic acids is 2. The minimum absolute atomic E-state index is 0.127. The number of anilines is 1. The number of ketones is 1. The van der Waals surface area contributed by atoms with Gasteiger partial charge >= 0.3 is 5.97 Å². The molecular formula is C20H21NO5S2. The normalized spacial score (nSPS) is 15.9. The Hall–Kier alpha value is -2.32. The van der Waals surface area contributed by atoms with Gasteiger partial charge in [0.25, 0.3) is 0 Å². The van der Waals surface area contributed by atoms with Gasteiger partial charge in [0.1, 0.15) is 0 Å². The number of ether oxygens (including phenoxy) is 1. The first-order chi connectivity index (χ1) is 13.3. The molecule has 0 aliphatic carbocycles. The summed E-state index contributed by atoms with van der Waals surface area (Å²) in [5.74, 6) is -0.644. The number of carbonyl (C=O) groups is 2. The van der Waals surface area contributed by atoms with E-state index in [0.29, 0.717) is 17.7 Å². The van der Waals surface area contributed by atoms with Crippen molar-refractivity contribution >= 4 is 39.2 Å². The van der Waals surface area contributed by atoms with Crippen molar-refractivity contribution < 1.29 is 22.7 Å². The highest BCUT2D eigenvalue weighted by Gasteiger charge is 2.32. The number of fused-ring (bicyclic) bond motifs is 1. The molecule has 0 unspecified atom stereocenters. The summed E-state index contributed by atoms with van der Waals surface area (Å²) >= 11 is 1.35. The van der Waals surface area contributed by atoms with Gasteiger partial charge in [-0.15, -0.1) is 11.8 Å². The molecule has 1 aliphatic rings. The molecule has 6 nitrogen and oxygen atoms in total. The summed E-state index contributed by atoms with van der Waals surface area (Å²) in [6, 6.07) is 14.2. The lowest BCUT2D eigenvalue weighted by atomic mass is 10.0. The van der Waals surface area contributed by atoms with Gasteiger partial charge in [-0.25, -0.2) is 8.42 Å². The summed E-state index contributed by atoms with van der Waals surface area (Å²) in [6.45, 7) is 1.49. The van der Waals surface area contributed by atoms with E-state index in [1.165, 1.54) is 22.3 Å². The van der Waals surface area contributed by atoms with E-state index in [9.17, 15) is 18.0 Å². The van der Waals surface area contributed by atoms with E-state index in [4.69, 9.17) is 4.74 Å². The van der Waals surface area contributed by atoms with Crippen LogP contribution >= 0.6 is 11.8 Å². The molecule has 0 saturated heterocycles. The van der Waals surface area contributed by atoms with Crippen molar-refractivity contribution in [3.05, 3.63) is 59.7 Å². The van der Waals surface area contributed by atoms with Gasteiger partial charge in [0.15, 0.2) is 12.4 Å². The lowest BCUT2D eigenvalue weighted by Gasteiger charge is -2.21. The zero-order valence-corrected chi connectivity index (χ0v) is 17.3. The van der Waals surface area contributed by atoms with Gasteiger partial charge in [-0.05, 0) is 49.2 Å². The van der Waals surface area contributed by atoms with E-state index in [2.05, 4.69) is 0 Å². The van der Waals surface area contributed by atoms with Gasteiger partial charge in [0.2, 0.25) is 10.0 Å². The molecule has 2 aromatic carbocycles. The Balaban J connectivity index is 1.58. The molecule has 1 aliphatic heterocycles. The van der Waals surface area contributed by atoms with Crippen LogP contribution in [0, 0.1) is 0 Å². The number of Topliss-reactive ketones (excluding diaryl/α,β-unsaturated/α-hetero) is 1. The van der Waals surface area contributed by atoms with Crippen LogP contribution in [-0.4, -0.2) is 44.8 Å². The molecule has 0 spiro atoms. The minimum atomic E-state index is -3.37. The molecule has 1 atom stereocenters. The number of thioether (sulfide) groups is 1. The Morgan fingerprint density at radius 2 is 1.89 bits per heavy atom. The van der Waals surface area contributed by atoms with Gasteiger partial charge in [-0.2, -0.15) is 0 Å². The van der Waals surface area contributed by atoms with E-state index in [-0.39, 0.29) is 24.2 Å². The summed E-state index contributed by atoms with van der Waals surface area (Å²) < 4.78 is 30.4. The van der Waals surface area contributed by atoms with Crippen LogP contribution in [-0.2, 0) is 26.0 Å². The third kappa shape index (κ3) is 4.74. The van der Waals surface area contributed by atoms with Crippen LogP contribution in [0.25, 0.3) is 0 Å². The summed E-state index contributed by atoms with van der Waals surface area (Å²) in [7, 11) is -3.37. The van der Waals surface area contributed by atoms with Gasteiger partial charge in [-0.3, -0.25) is 13.9 Å². The molecule has 0 fully saturated rings. The molecular weight excluding hydrogens is 398 g/mol. The molecule has 148 valence electrons. The average Bonchev–Trinajstić information content (AvgIpc) is 3.00. The maximum Gasteiger partial charge on any atom is 0.316 e. The van der Waals surface area contributed by atoms with Crippen LogP contribution in [0.15, 0.2) is 53.4 Å². The highest BCUT2D eigenvalue weighted by atomic mass is 32.2. The zero-order chi connectivity index (χ0) is 20.3. The standard InChI is InChI=1S/C20H21NO5S2/c1-14-10-16-11-15(8-9-18(16)21(14)28(2,24)25)19(22)12-26-20(23)13-27-17-6-4-3-5-7-17/h3-9,11,14H,10,12-13H2,1-2H3/t14-/m1/s1. The number of esters is 1. The fraction of sp³-hybridized carbons (Fsp3) is 0.300. The van der Waals surface area contributed by atoms with Gasteiger partial charge in [-0.1, -0.05) is 18.2 Å². The molecule has 0 saturated carbocycles. The highest BCUT2D eigenvalue weighted by Crippen LogP contribution is 2.34. The molecule has 2 aromatic rings. The Labute approximate surface area is 168 Å². The Kier molecular flexibility index (Phi) is 6.10. The minimum Gasteiger partial charge on any atom is -0.457 e. The Bertz CT molecular complexity index is 989. The molecule has 8 heteroatoms. The van der Waals surface area contributed by atoms with E-state index in [1.807, 2.05) is 37.3 Å². The third-order valence-corrected chi connectivity index (χ3v) is 6.63. The maximum atomic E-state index is 12.4. The number of hydrogen-bond donors (Lipinski definition) is 0. The van der Waals surface area contributed by atoms with Crippen molar-refractivity contribution in [2.24, 2.45) is 0 Å². The van der Waals surface area contributed by atoms with Crippen molar-refractivity contribution in [2.75, 3.05) is 22.9 Å². The van der Waals surface area contributed by atoms with Gasteiger partial charge < -0.3 is 4.74 Å². The van der Waals surface area contributed by atoms with Crippen molar-refractivity contribution in [3.8, 4) is 0 Å². The summed E-state index contributed by atoms with van der Waals surface area (Å²) in [5, 5.41) is 0. The summed E-state index contributed by atoms with van der Waals surface area (Å²) in [6.07, 6.45) is 1.71. The predicted molar refractivity (Wildman–Crippen MR) is 109 cm³/mol. The Morgan fingerprint density at radius 3 is 2.57 bits per heavy atom. The fourth-order valence-electron chi connectivity index (χ4n) is 3.21. The highest BCUT2D eigenvalue weighted by molar-refractivity contribution is 8.00. The molecule has 3 rings (SSSR count). The van der Waals surface area contributed by atoms with Crippen molar-refractivity contribution in [1.82, 2.24) is 0 Å². The summed E-state index contributed by atoms with van der Waals surface area (Å²) in [4.78, 5) is 25.2. The van der Waals surface area contributed by atoms with Crippen molar-refractivity contribution in [3.63, 3.8) is 0 Å². The second kappa shape index (κ2) is 8.36. The van der Waals surface area contributed by atoms with Crippen LogP contribution in [0.3, 0.4) is 0 Å². The topological polar surface area (TPSA) is 80.8 Å². The number of benzene rings is 2. The first kappa shape index (κ1) is 20.4. The fourth-order valence-corrected chi connectivity index (χ4v) is 5.19. The van der Waals surface area contributed by atoms with E-state index < -0.39 is 16.0 Å². The smallest absolute Gasteiger partial charge is 0.316 e. The molecule has 0 amide bonds. The lowest BCUT2D eigenvalue weighted by Crippen LogP contribution is -2.34. The number of sulfonamides is 1. The first-order valence-electron chi connectivity index (χ1n) is 8.74. The monoisotopic (exact) mass is 419 g/mol. The quantitative estimate of drug-likeness (QED) is 0.390. The van der Waals surface area contributed by atoms with Crippen molar-refractivity contribution in [2.45, 2.75) is 24.3 Å². The molecule has 28 heavy (non-hydrogen) atoms. The molecule has 0 aromatic heterocycles. The molecule has 1 heterocycles. The van der Waals surface area contributed by atoms with Crippen LogP contribution < -0.4 is 4.31 Å². The molecule has 0 bridgehead atoms. The number of hydrogen-bond acceptors (Lipinski definition) is 6. The van der Waals surface area contributed by atoms with Crippen LogP contribution in [0.4, 0.5) is 5.69 Å². The predicted octanol–water partition coefficient (Wildman–Crippen LogP) is 2.92. The van der Waals surface area contributed by atoms with E-state index in [0.717, 1.165) is 10.5 Å². The lowest BCUT2D eigenvalue weighted by molar-refractivity contribution is -0.139. The van der Waals surface area contributed by atoms with E-state index >= 15 is 0 Å². The first-order valence-corrected chi connectivity index (χ1v) is 11.6. The average molecular weight is 420 g/mol. The van der Waals surface area contributed by atoms with Gasteiger partial charge in [0.05, 0.1) is 17.7 Å². The maximum absolute atomic E-state index is 12.4. The number of rotatable bonds is 7. The Morgan fingerprint density at radius 1 is 1.18 bits per heavy atom. The van der Waals surface area contributed by atoms with Crippen LogP contribution in [0.2, 0.25) is 0 Å². The zero-order valence-electron chi connectivity index (χ0n) is 15.6. The SMILES string of the molecule is C[C@@H]1Cc2cc(C(=O)COC(=O)CSc3ccccc3)ccc2N1S(C)(=O)=O. The second-order valence-electron chi connectivity index (χ2n) is 6.64. The third-order valence-electron chi connectivity index (χ3n) is 4.38. The summed E-state index contributed by atoms with van der Waals surface area (Å²) in [5.41, 5.74) is 1.81. The number of nitrogens with zero attached hydrogens (tertiary/aromatic N) is 1. The van der Waals surface area contributed by atoms with Crippen LogP contribution in [0.1, 0.15) is 22.8 Å². The largest absolute Gasteiger partial charge is 0.457 e. The van der Waals surface area contributed by atoms with E-state index in [1.54, 1.807) is 18.2 Å². The van der Waals surface area contributed by atoms with Crippen LogP contribution in [0.5, 0.6) is 0 Å². The van der Waals surface area contributed by atoms with Crippen molar-refractivity contribution in [1.29, 1.82) is 0 Å². The van der Waals surface area contributed by atoms with Gasteiger partial charge in [0, 0.05) is 16.5 Å².